The van der Waals surface area contributed by atoms with E-state index < -0.39 is 0 Å². The van der Waals surface area contributed by atoms with Gasteiger partial charge < -0.3 is 10.3 Å². The highest BCUT2D eigenvalue weighted by Crippen LogP contribution is 2.25. The molecule has 0 fully saturated rings. The molecule has 90 valence electrons. The van der Waals surface area contributed by atoms with Gasteiger partial charge in [0.25, 0.3) is 0 Å². The van der Waals surface area contributed by atoms with Crippen molar-refractivity contribution >= 4 is 0 Å². The molecule has 0 spiro atoms. The third-order valence-electron chi connectivity index (χ3n) is 2.82. The highest BCUT2D eigenvalue weighted by atomic mass is 15.1. The molecule has 2 aromatic rings. The van der Waals surface area contributed by atoms with Crippen LogP contribution in [0, 0.1) is 0 Å². The third-order valence-corrected chi connectivity index (χ3v) is 2.82. The second kappa shape index (κ2) is 4.34. The van der Waals surface area contributed by atoms with Crippen molar-refractivity contribution in [1.29, 1.82) is 0 Å². The molecule has 2 rings (SSSR count). The minimum atomic E-state index is 0.0323. The summed E-state index contributed by atoms with van der Waals surface area (Å²) in [5.74, 6) is 0. The van der Waals surface area contributed by atoms with E-state index in [2.05, 4.69) is 42.5 Å². The summed E-state index contributed by atoms with van der Waals surface area (Å²) in [4.78, 5) is 4.25. The predicted molar refractivity (Wildman–Crippen MR) is 70.6 cm³/mol. The fourth-order valence-corrected chi connectivity index (χ4v) is 1.90. The number of hydrogen-bond donors (Lipinski definition) is 1. The average Bonchev–Trinajstić information content (AvgIpc) is 2.77. The second-order valence-corrected chi connectivity index (χ2v) is 5.22. The lowest BCUT2D eigenvalue weighted by Crippen LogP contribution is -2.21. The monoisotopic (exact) mass is 229 g/mol. The molecular formula is C14H19N3. The van der Waals surface area contributed by atoms with E-state index in [0.717, 1.165) is 11.3 Å². The Bertz CT molecular complexity index is 506. The number of aromatic nitrogens is 2. The molecule has 0 aliphatic carbocycles. The second-order valence-electron chi connectivity index (χ2n) is 5.22. The van der Waals surface area contributed by atoms with Crippen LogP contribution in [0.5, 0.6) is 0 Å². The van der Waals surface area contributed by atoms with Crippen LogP contribution >= 0.6 is 0 Å². The van der Waals surface area contributed by atoms with Crippen LogP contribution in [-0.2, 0) is 12.1 Å². The Hall–Kier alpha value is -1.61. The number of benzene rings is 1. The average molecular weight is 229 g/mol. The van der Waals surface area contributed by atoms with Gasteiger partial charge in [-0.2, -0.15) is 0 Å². The Morgan fingerprint density at radius 3 is 2.71 bits per heavy atom. The molecule has 0 unspecified atom stereocenters. The molecule has 0 aliphatic heterocycles. The summed E-state index contributed by atoms with van der Waals surface area (Å²) in [6, 6.07) is 8.30. The van der Waals surface area contributed by atoms with Gasteiger partial charge in [-0.15, -0.1) is 0 Å². The highest BCUT2D eigenvalue weighted by molar-refractivity contribution is 5.60. The van der Waals surface area contributed by atoms with Crippen molar-refractivity contribution in [3.63, 3.8) is 0 Å². The van der Waals surface area contributed by atoms with Gasteiger partial charge >= 0.3 is 0 Å². The summed E-state index contributed by atoms with van der Waals surface area (Å²) < 4.78 is 2.18. The summed E-state index contributed by atoms with van der Waals surface area (Å²) >= 11 is 0. The van der Waals surface area contributed by atoms with Crippen molar-refractivity contribution in [2.75, 3.05) is 0 Å². The molecule has 2 N–H and O–H groups in total. The molecule has 0 bridgehead atoms. The minimum absolute atomic E-state index is 0.0323. The molecule has 3 nitrogen and oxygen atoms in total. The zero-order chi connectivity index (χ0) is 12.5. The Morgan fingerprint density at radius 1 is 1.29 bits per heavy atom. The van der Waals surface area contributed by atoms with Crippen LogP contribution in [0.25, 0.3) is 11.3 Å². The molecule has 0 saturated heterocycles. The minimum Gasteiger partial charge on any atom is -0.326 e. The van der Waals surface area contributed by atoms with Gasteiger partial charge in [-0.3, -0.25) is 0 Å². The summed E-state index contributed by atoms with van der Waals surface area (Å²) in [5, 5.41) is 0. The standard InChI is InChI=1S/C14H19N3/c1-14(2,3)17-10-16-9-13(17)12-6-4-5-11(7-12)8-15/h4-7,9-10H,8,15H2,1-3H3. The number of hydrogen-bond acceptors (Lipinski definition) is 2. The van der Waals surface area contributed by atoms with E-state index in [1.54, 1.807) is 0 Å². The van der Waals surface area contributed by atoms with Gasteiger partial charge in [-0.1, -0.05) is 18.2 Å². The summed E-state index contributed by atoms with van der Waals surface area (Å²) in [6.45, 7) is 7.08. The molecule has 0 aliphatic rings. The zero-order valence-electron chi connectivity index (χ0n) is 10.6. The van der Waals surface area contributed by atoms with E-state index in [9.17, 15) is 0 Å². The Morgan fingerprint density at radius 2 is 2.06 bits per heavy atom. The highest BCUT2D eigenvalue weighted by Gasteiger charge is 2.17. The molecule has 17 heavy (non-hydrogen) atoms. The lowest BCUT2D eigenvalue weighted by molar-refractivity contribution is 0.400. The summed E-state index contributed by atoms with van der Waals surface area (Å²) in [6.07, 6.45) is 3.78. The smallest absolute Gasteiger partial charge is 0.0955 e. The molecule has 0 saturated carbocycles. The largest absolute Gasteiger partial charge is 0.326 e. The van der Waals surface area contributed by atoms with Gasteiger partial charge in [0, 0.05) is 17.6 Å². The van der Waals surface area contributed by atoms with Crippen molar-refractivity contribution in [1.82, 2.24) is 9.55 Å². The first-order valence-electron chi connectivity index (χ1n) is 5.84. The summed E-state index contributed by atoms with van der Waals surface area (Å²) in [5.41, 5.74) is 9.15. The number of imidazole rings is 1. The molecule has 1 aromatic heterocycles. The number of nitrogens with zero attached hydrogens (tertiary/aromatic N) is 2. The number of nitrogens with two attached hydrogens (primary N) is 1. The topological polar surface area (TPSA) is 43.8 Å². The van der Waals surface area contributed by atoms with Crippen molar-refractivity contribution in [2.24, 2.45) is 5.73 Å². The number of rotatable bonds is 2. The van der Waals surface area contributed by atoms with Crippen molar-refractivity contribution in [2.45, 2.75) is 32.9 Å². The van der Waals surface area contributed by atoms with Gasteiger partial charge in [0.05, 0.1) is 18.2 Å². The first kappa shape index (κ1) is 11.9. The Labute approximate surface area is 102 Å². The van der Waals surface area contributed by atoms with E-state index in [4.69, 9.17) is 5.73 Å². The van der Waals surface area contributed by atoms with Crippen LogP contribution < -0.4 is 5.73 Å². The van der Waals surface area contributed by atoms with Gasteiger partial charge in [-0.25, -0.2) is 4.98 Å². The predicted octanol–water partition coefficient (Wildman–Crippen LogP) is 2.76. The fourth-order valence-electron chi connectivity index (χ4n) is 1.90. The van der Waals surface area contributed by atoms with Gasteiger partial charge in [0.2, 0.25) is 0 Å². The fraction of sp³-hybridized carbons (Fsp3) is 0.357. The maximum atomic E-state index is 5.67. The molecule has 1 heterocycles. The van der Waals surface area contributed by atoms with Crippen LogP contribution in [0.15, 0.2) is 36.8 Å². The maximum Gasteiger partial charge on any atom is 0.0955 e. The quantitative estimate of drug-likeness (QED) is 0.860. The van der Waals surface area contributed by atoms with Gasteiger partial charge in [-0.05, 0) is 32.4 Å². The van der Waals surface area contributed by atoms with E-state index in [-0.39, 0.29) is 5.54 Å². The third kappa shape index (κ3) is 2.39. The van der Waals surface area contributed by atoms with Crippen molar-refractivity contribution < 1.29 is 0 Å². The SMILES string of the molecule is CC(C)(C)n1cncc1-c1cccc(CN)c1. The van der Waals surface area contributed by atoms with E-state index in [0.29, 0.717) is 6.54 Å². The van der Waals surface area contributed by atoms with Crippen LogP contribution in [0.1, 0.15) is 26.3 Å². The van der Waals surface area contributed by atoms with Crippen LogP contribution in [0.4, 0.5) is 0 Å². The van der Waals surface area contributed by atoms with Crippen LogP contribution in [-0.4, -0.2) is 9.55 Å². The molecule has 0 atom stereocenters. The lowest BCUT2D eigenvalue weighted by Gasteiger charge is -2.23. The lowest BCUT2D eigenvalue weighted by atomic mass is 10.0. The van der Waals surface area contributed by atoms with Crippen molar-refractivity contribution in [3.8, 4) is 11.3 Å². The maximum absolute atomic E-state index is 5.67. The van der Waals surface area contributed by atoms with E-state index in [1.165, 1.54) is 5.56 Å². The van der Waals surface area contributed by atoms with Crippen LogP contribution in [0.2, 0.25) is 0 Å². The molecule has 0 radical (unpaired) electrons. The first-order valence-corrected chi connectivity index (χ1v) is 5.84. The van der Waals surface area contributed by atoms with Gasteiger partial charge in [0.15, 0.2) is 0 Å². The van der Waals surface area contributed by atoms with Crippen LogP contribution in [0.3, 0.4) is 0 Å². The molecular weight excluding hydrogens is 210 g/mol. The van der Waals surface area contributed by atoms with Crippen molar-refractivity contribution in [3.05, 3.63) is 42.4 Å². The Balaban J connectivity index is 2.50. The zero-order valence-corrected chi connectivity index (χ0v) is 10.6. The van der Waals surface area contributed by atoms with E-state index >= 15 is 0 Å². The van der Waals surface area contributed by atoms with E-state index in [1.807, 2.05) is 24.7 Å². The molecule has 0 amide bonds. The summed E-state index contributed by atoms with van der Waals surface area (Å²) in [7, 11) is 0. The molecule has 3 heteroatoms. The Kier molecular flexibility index (Phi) is 3.03. The first-order chi connectivity index (χ1) is 8.02. The van der Waals surface area contributed by atoms with Gasteiger partial charge in [0.1, 0.15) is 0 Å². The molecule has 1 aromatic carbocycles. The normalized spacial score (nSPS) is 11.8.